The molecule has 1 aliphatic rings. The number of ether oxygens (including phenoxy) is 1. The van der Waals surface area contributed by atoms with Gasteiger partial charge in [0, 0.05) is 6.20 Å². The lowest BCUT2D eigenvalue weighted by molar-refractivity contribution is 0.232. The number of rotatable bonds is 3. The molecule has 90 valence electrons. The van der Waals surface area contributed by atoms with Gasteiger partial charge in [0.1, 0.15) is 6.07 Å². The molecule has 1 aromatic heterocycles. The van der Waals surface area contributed by atoms with E-state index >= 15 is 0 Å². The topological polar surface area (TPSA) is 45.9 Å². The highest BCUT2D eigenvalue weighted by Gasteiger charge is 2.13. The van der Waals surface area contributed by atoms with Crippen LogP contribution in [0.25, 0.3) is 0 Å². The van der Waals surface area contributed by atoms with Gasteiger partial charge in [-0.25, -0.2) is 4.98 Å². The molecule has 0 aromatic carbocycles. The van der Waals surface area contributed by atoms with Crippen molar-refractivity contribution < 1.29 is 4.74 Å². The van der Waals surface area contributed by atoms with Gasteiger partial charge in [0.05, 0.1) is 6.61 Å². The average Bonchev–Trinajstić information content (AvgIpc) is 2.65. The van der Waals surface area contributed by atoms with Crippen LogP contribution < -0.4 is 4.74 Å². The van der Waals surface area contributed by atoms with Crippen molar-refractivity contribution in [3.8, 4) is 11.8 Å². The highest BCUT2D eigenvalue weighted by Crippen LogP contribution is 2.24. The summed E-state index contributed by atoms with van der Waals surface area (Å²) >= 11 is 0. The zero-order valence-corrected chi connectivity index (χ0v) is 10.1. The lowest BCUT2D eigenvalue weighted by atomic mass is 10.0. The van der Waals surface area contributed by atoms with E-state index in [0.717, 1.165) is 6.61 Å². The Hall–Kier alpha value is -1.56. The summed E-state index contributed by atoms with van der Waals surface area (Å²) in [5.41, 5.74) is 0.390. The van der Waals surface area contributed by atoms with Crippen LogP contribution >= 0.6 is 0 Å². The minimum Gasteiger partial charge on any atom is -0.490 e. The van der Waals surface area contributed by atoms with Gasteiger partial charge < -0.3 is 4.74 Å². The van der Waals surface area contributed by atoms with Gasteiger partial charge in [-0.05, 0) is 30.9 Å². The molecule has 1 heterocycles. The van der Waals surface area contributed by atoms with Gasteiger partial charge in [0.2, 0.25) is 0 Å². The molecule has 0 saturated heterocycles. The summed E-state index contributed by atoms with van der Waals surface area (Å²) in [5, 5.41) is 8.91. The third-order valence-corrected chi connectivity index (χ3v) is 3.33. The minimum atomic E-state index is 0.390. The SMILES string of the molecule is N#Cc1ncccc1OCC1CCCCCC1. The second-order valence-electron chi connectivity index (χ2n) is 4.63. The molecule has 0 unspecified atom stereocenters. The second-order valence-corrected chi connectivity index (χ2v) is 4.63. The molecule has 3 nitrogen and oxygen atoms in total. The number of hydrogen-bond donors (Lipinski definition) is 0. The zero-order valence-electron chi connectivity index (χ0n) is 10.1. The van der Waals surface area contributed by atoms with Crippen LogP contribution in [-0.4, -0.2) is 11.6 Å². The maximum absolute atomic E-state index is 8.91. The number of nitrogens with zero attached hydrogens (tertiary/aromatic N) is 2. The molecule has 0 amide bonds. The fraction of sp³-hybridized carbons (Fsp3) is 0.571. The summed E-state index contributed by atoms with van der Waals surface area (Å²) in [5.74, 6) is 1.27. The van der Waals surface area contributed by atoms with Crippen LogP contribution in [0, 0.1) is 17.2 Å². The van der Waals surface area contributed by atoms with Crippen LogP contribution in [0.5, 0.6) is 5.75 Å². The third kappa shape index (κ3) is 3.45. The number of nitriles is 1. The van der Waals surface area contributed by atoms with Crippen molar-refractivity contribution in [1.29, 1.82) is 5.26 Å². The quantitative estimate of drug-likeness (QED) is 0.748. The average molecular weight is 230 g/mol. The molecule has 0 atom stereocenters. The summed E-state index contributed by atoms with van der Waals surface area (Å²) in [4.78, 5) is 3.99. The number of aromatic nitrogens is 1. The van der Waals surface area contributed by atoms with E-state index in [1.807, 2.05) is 12.1 Å². The molecular formula is C14H18N2O. The maximum Gasteiger partial charge on any atom is 0.182 e. The van der Waals surface area contributed by atoms with Gasteiger partial charge in [-0.1, -0.05) is 25.7 Å². The maximum atomic E-state index is 8.91. The lowest BCUT2D eigenvalue weighted by Crippen LogP contribution is -2.12. The van der Waals surface area contributed by atoms with E-state index in [1.54, 1.807) is 6.20 Å². The lowest BCUT2D eigenvalue weighted by Gasteiger charge is -2.15. The van der Waals surface area contributed by atoms with Crippen molar-refractivity contribution in [2.45, 2.75) is 38.5 Å². The van der Waals surface area contributed by atoms with Crippen LogP contribution in [0.15, 0.2) is 18.3 Å². The standard InChI is InChI=1S/C14H18N2O/c15-10-13-14(8-5-9-16-13)17-11-12-6-3-1-2-4-7-12/h5,8-9,12H,1-4,6-7,11H2. The van der Waals surface area contributed by atoms with Gasteiger partial charge in [-0.3, -0.25) is 0 Å². The highest BCUT2D eigenvalue weighted by molar-refractivity contribution is 5.36. The Morgan fingerprint density at radius 1 is 1.29 bits per heavy atom. The molecule has 1 aliphatic carbocycles. The molecule has 1 fully saturated rings. The fourth-order valence-electron chi connectivity index (χ4n) is 2.33. The molecule has 0 aliphatic heterocycles. The van der Waals surface area contributed by atoms with Gasteiger partial charge in [0.15, 0.2) is 11.4 Å². The van der Waals surface area contributed by atoms with Crippen molar-refractivity contribution in [1.82, 2.24) is 4.98 Å². The molecule has 1 aromatic rings. The fourth-order valence-corrected chi connectivity index (χ4v) is 2.33. The van der Waals surface area contributed by atoms with Crippen LogP contribution in [-0.2, 0) is 0 Å². The Morgan fingerprint density at radius 3 is 2.76 bits per heavy atom. The molecule has 17 heavy (non-hydrogen) atoms. The van der Waals surface area contributed by atoms with E-state index in [4.69, 9.17) is 10.00 Å². The summed E-state index contributed by atoms with van der Waals surface area (Å²) in [7, 11) is 0. The van der Waals surface area contributed by atoms with Gasteiger partial charge >= 0.3 is 0 Å². The first-order valence-corrected chi connectivity index (χ1v) is 6.38. The van der Waals surface area contributed by atoms with Gasteiger partial charge in [-0.15, -0.1) is 0 Å². The van der Waals surface area contributed by atoms with E-state index in [2.05, 4.69) is 11.1 Å². The minimum absolute atomic E-state index is 0.390. The second kappa shape index (κ2) is 6.24. The summed E-state index contributed by atoms with van der Waals surface area (Å²) in [6, 6.07) is 5.69. The van der Waals surface area contributed by atoms with Gasteiger partial charge in [0.25, 0.3) is 0 Å². The Balaban J connectivity index is 1.90. The highest BCUT2D eigenvalue weighted by atomic mass is 16.5. The molecule has 0 bridgehead atoms. The van der Waals surface area contributed by atoms with Crippen molar-refractivity contribution in [3.05, 3.63) is 24.0 Å². The van der Waals surface area contributed by atoms with Crippen molar-refractivity contribution in [3.63, 3.8) is 0 Å². The van der Waals surface area contributed by atoms with E-state index in [9.17, 15) is 0 Å². The van der Waals surface area contributed by atoms with Crippen molar-refractivity contribution >= 4 is 0 Å². The molecule has 0 N–H and O–H groups in total. The molecule has 3 heteroatoms. The number of hydrogen-bond acceptors (Lipinski definition) is 3. The van der Waals surface area contributed by atoms with Crippen LogP contribution in [0.1, 0.15) is 44.2 Å². The smallest absolute Gasteiger partial charge is 0.182 e. The first-order valence-electron chi connectivity index (χ1n) is 6.38. The van der Waals surface area contributed by atoms with Crippen LogP contribution in [0.3, 0.4) is 0 Å². The molecular weight excluding hydrogens is 212 g/mol. The van der Waals surface area contributed by atoms with Gasteiger partial charge in [-0.2, -0.15) is 5.26 Å². The van der Waals surface area contributed by atoms with Crippen LogP contribution in [0.4, 0.5) is 0 Å². The third-order valence-electron chi connectivity index (χ3n) is 3.33. The van der Waals surface area contributed by atoms with E-state index in [-0.39, 0.29) is 0 Å². The number of pyridine rings is 1. The van der Waals surface area contributed by atoms with E-state index in [1.165, 1.54) is 38.5 Å². The van der Waals surface area contributed by atoms with Crippen molar-refractivity contribution in [2.24, 2.45) is 5.92 Å². The monoisotopic (exact) mass is 230 g/mol. The Kier molecular flexibility index (Phi) is 4.37. The summed E-state index contributed by atoms with van der Waals surface area (Å²) in [6.45, 7) is 0.723. The van der Waals surface area contributed by atoms with E-state index < -0.39 is 0 Å². The Bertz CT molecular complexity index is 389. The normalized spacial score (nSPS) is 17.1. The zero-order chi connectivity index (χ0) is 11.9. The molecule has 0 spiro atoms. The predicted octanol–water partition coefficient (Wildman–Crippen LogP) is 3.30. The summed E-state index contributed by atoms with van der Waals surface area (Å²) < 4.78 is 5.74. The Labute approximate surface area is 102 Å². The molecule has 2 rings (SSSR count). The largest absolute Gasteiger partial charge is 0.490 e. The summed E-state index contributed by atoms with van der Waals surface area (Å²) in [6.07, 6.45) is 9.46. The Morgan fingerprint density at radius 2 is 2.06 bits per heavy atom. The molecule has 0 radical (unpaired) electrons. The first-order chi connectivity index (χ1) is 8.40. The molecule has 1 saturated carbocycles. The first kappa shape index (κ1) is 11.9. The van der Waals surface area contributed by atoms with E-state index in [0.29, 0.717) is 17.4 Å². The van der Waals surface area contributed by atoms with Crippen molar-refractivity contribution in [2.75, 3.05) is 6.61 Å². The predicted molar refractivity (Wildman–Crippen MR) is 65.6 cm³/mol. The van der Waals surface area contributed by atoms with Crippen LogP contribution in [0.2, 0.25) is 0 Å².